The summed E-state index contributed by atoms with van der Waals surface area (Å²) in [5, 5.41) is 0.662. The largest absolute Gasteiger partial charge is 0.494 e. The molecular formula is C26H33N3O5S. The van der Waals surface area contributed by atoms with E-state index in [1.54, 1.807) is 4.90 Å². The fourth-order valence-corrected chi connectivity index (χ4v) is 4.95. The van der Waals surface area contributed by atoms with Crippen LogP contribution in [0.5, 0.6) is 17.2 Å². The zero-order valence-electron chi connectivity index (χ0n) is 20.4. The topological polar surface area (TPSA) is 73.4 Å². The molecule has 35 heavy (non-hydrogen) atoms. The Kier molecular flexibility index (Phi) is 9.16. The molecule has 1 aliphatic heterocycles. The lowest BCUT2D eigenvalue weighted by atomic mass is 10.3. The molecule has 9 heteroatoms. The van der Waals surface area contributed by atoms with E-state index in [9.17, 15) is 4.79 Å². The Labute approximate surface area is 210 Å². The van der Waals surface area contributed by atoms with Gasteiger partial charge in [-0.05, 0) is 56.7 Å². The minimum Gasteiger partial charge on any atom is -0.494 e. The number of ether oxygens (including phenoxy) is 4. The van der Waals surface area contributed by atoms with E-state index in [-0.39, 0.29) is 12.5 Å². The first kappa shape index (κ1) is 25.2. The Balaban J connectivity index is 1.47. The van der Waals surface area contributed by atoms with Gasteiger partial charge in [0.25, 0.3) is 5.91 Å². The van der Waals surface area contributed by atoms with Gasteiger partial charge in [0.05, 0.1) is 31.1 Å². The molecule has 0 radical (unpaired) electrons. The van der Waals surface area contributed by atoms with Crippen molar-refractivity contribution in [3.8, 4) is 17.2 Å². The number of hydrogen-bond acceptors (Lipinski definition) is 8. The number of anilines is 1. The first-order valence-electron chi connectivity index (χ1n) is 12.2. The normalized spacial score (nSPS) is 14.1. The van der Waals surface area contributed by atoms with Crippen LogP contribution >= 0.6 is 11.3 Å². The van der Waals surface area contributed by atoms with E-state index in [4.69, 9.17) is 23.9 Å². The summed E-state index contributed by atoms with van der Waals surface area (Å²) in [6.07, 6.45) is 0.836. The molecule has 0 atom stereocenters. The van der Waals surface area contributed by atoms with Gasteiger partial charge in [-0.1, -0.05) is 17.4 Å². The summed E-state index contributed by atoms with van der Waals surface area (Å²) in [6, 6.07) is 13.2. The lowest BCUT2D eigenvalue weighted by Crippen LogP contribution is -2.40. The lowest BCUT2D eigenvalue weighted by molar-refractivity contribution is -0.120. The summed E-state index contributed by atoms with van der Waals surface area (Å²) in [6.45, 7) is 9.82. The number of benzene rings is 2. The average molecular weight is 500 g/mol. The van der Waals surface area contributed by atoms with Gasteiger partial charge in [-0.2, -0.15) is 0 Å². The zero-order valence-corrected chi connectivity index (χ0v) is 21.2. The van der Waals surface area contributed by atoms with Gasteiger partial charge in [-0.15, -0.1) is 0 Å². The summed E-state index contributed by atoms with van der Waals surface area (Å²) in [5.41, 5.74) is 0.785. The van der Waals surface area contributed by atoms with Gasteiger partial charge in [0.2, 0.25) is 0 Å². The zero-order chi connectivity index (χ0) is 24.5. The third kappa shape index (κ3) is 6.84. The van der Waals surface area contributed by atoms with Crippen LogP contribution in [0, 0.1) is 0 Å². The Morgan fingerprint density at radius 1 is 1.03 bits per heavy atom. The first-order chi connectivity index (χ1) is 17.2. The van der Waals surface area contributed by atoms with E-state index in [2.05, 4.69) is 4.90 Å². The molecule has 0 aliphatic carbocycles. The van der Waals surface area contributed by atoms with Gasteiger partial charge < -0.3 is 18.9 Å². The quantitative estimate of drug-likeness (QED) is 0.369. The van der Waals surface area contributed by atoms with Crippen LogP contribution in [-0.4, -0.2) is 75.0 Å². The smallest absolute Gasteiger partial charge is 0.266 e. The van der Waals surface area contributed by atoms with E-state index < -0.39 is 0 Å². The van der Waals surface area contributed by atoms with Gasteiger partial charge in [-0.25, -0.2) is 4.98 Å². The second-order valence-corrected chi connectivity index (χ2v) is 9.09. The van der Waals surface area contributed by atoms with E-state index in [1.807, 2.05) is 56.3 Å². The molecule has 1 amide bonds. The molecule has 3 aromatic rings. The highest BCUT2D eigenvalue weighted by molar-refractivity contribution is 7.22. The van der Waals surface area contributed by atoms with Gasteiger partial charge in [-0.3, -0.25) is 14.6 Å². The monoisotopic (exact) mass is 499 g/mol. The summed E-state index contributed by atoms with van der Waals surface area (Å²) in [4.78, 5) is 22.2. The van der Waals surface area contributed by atoms with Crippen molar-refractivity contribution >= 4 is 32.6 Å². The van der Waals surface area contributed by atoms with Gasteiger partial charge in [0, 0.05) is 26.2 Å². The van der Waals surface area contributed by atoms with Crippen LogP contribution in [0.2, 0.25) is 0 Å². The average Bonchev–Trinajstić information content (AvgIpc) is 3.32. The Bertz CT molecular complexity index is 1080. The summed E-state index contributed by atoms with van der Waals surface area (Å²) < 4.78 is 23.5. The molecule has 188 valence electrons. The second kappa shape index (κ2) is 12.7. The van der Waals surface area contributed by atoms with Crippen LogP contribution in [0.1, 0.15) is 20.3 Å². The van der Waals surface area contributed by atoms with Crippen LogP contribution in [0.3, 0.4) is 0 Å². The molecule has 1 aliphatic rings. The molecule has 1 aromatic heterocycles. The van der Waals surface area contributed by atoms with Crippen LogP contribution in [0.25, 0.3) is 10.2 Å². The molecule has 0 spiro atoms. The summed E-state index contributed by atoms with van der Waals surface area (Å²) in [5.74, 6) is 2.00. The number of fused-ring (bicyclic) bond motifs is 1. The van der Waals surface area contributed by atoms with Crippen molar-refractivity contribution < 1.29 is 23.7 Å². The van der Waals surface area contributed by atoms with Crippen molar-refractivity contribution in [2.75, 3.05) is 64.1 Å². The molecule has 0 unspecified atom stereocenters. The minimum atomic E-state index is -0.127. The maximum atomic E-state index is 13.3. The van der Waals surface area contributed by atoms with Crippen molar-refractivity contribution in [1.82, 2.24) is 9.88 Å². The number of amides is 1. The molecule has 8 nitrogen and oxygen atoms in total. The first-order valence-corrected chi connectivity index (χ1v) is 13.0. The number of nitrogens with zero attached hydrogens (tertiary/aromatic N) is 3. The third-order valence-electron chi connectivity index (χ3n) is 5.66. The lowest BCUT2D eigenvalue weighted by Gasteiger charge is -2.27. The second-order valence-electron chi connectivity index (χ2n) is 8.08. The van der Waals surface area contributed by atoms with Crippen molar-refractivity contribution in [2.24, 2.45) is 0 Å². The Morgan fingerprint density at radius 2 is 1.74 bits per heavy atom. The molecule has 0 saturated carbocycles. The molecule has 0 N–H and O–H groups in total. The minimum absolute atomic E-state index is 0.0697. The molecule has 0 bridgehead atoms. The molecule has 2 aromatic carbocycles. The maximum absolute atomic E-state index is 13.3. The van der Waals surface area contributed by atoms with Gasteiger partial charge in [0.1, 0.15) is 22.8 Å². The number of thiazole rings is 1. The molecule has 2 heterocycles. The third-order valence-corrected chi connectivity index (χ3v) is 6.70. The molecule has 1 saturated heterocycles. The number of morpholine rings is 1. The SMILES string of the molecule is CCOc1ccc(OCC(=O)N(CCCN2CCOCC2)c2nc3c(OCC)cccc3s2)cc1. The molecule has 4 rings (SSSR count). The number of rotatable bonds is 12. The maximum Gasteiger partial charge on any atom is 0.266 e. The number of aromatic nitrogens is 1. The molecule has 1 fully saturated rings. The van der Waals surface area contributed by atoms with E-state index in [1.165, 1.54) is 11.3 Å². The van der Waals surface area contributed by atoms with E-state index >= 15 is 0 Å². The standard InChI is InChI=1S/C26H33N3O5S/c1-3-32-20-9-11-21(12-10-20)34-19-24(30)29(14-6-13-28-15-17-31-18-16-28)26-27-25-22(33-4-2)7-5-8-23(25)35-26/h5,7-12H,3-4,6,13-19H2,1-2H3. The predicted octanol–water partition coefficient (Wildman–Crippen LogP) is 4.23. The van der Waals surface area contributed by atoms with Crippen LogP contribution in [0.4, 0.5) is 5.13 Å². The Morgan fingerprint density at radius 3 is 2.46 bits per heavy atom. The van der Waals surface area contributed by atoms with Gasteiger partial charge >= 0.3 is 0 Å². The molecular weight excluding hydrogens is 466 g/mol. The van der Waals surface area contributed by atoms with Crippen molar-refractivity contribution in [1.29, 1.82) is 0 Å². The summed E-state index contributed by atoms with van der Waals surface area (Å²) >= 11 is 1.50. The number of para-hydroxylation sites is 1. The highest BCUT2D eigenvalue weighted by Gasteiger charge is 2.22. The van der Waals surface area contributed by atoms with Crippen LogP contribution in [0.15, 0.2) is 42.5 Å². The number of carbonyl (C=O) groups excluding carboxylic acids is 1. The number of hydrogen-bond donors (Lipinski definition) is 0. The van der Waals surface area contributed by atoms with Crippen LogP contribution < -0.4 is 19.1 Å². The Hall–Kier alpha value is -2.88. The highest BCUT2D eigenvalue weighted by atomic mass is 32.1. The summed E-state index contributed by atoms with van der Waals surface area (Å²) in [7, 11) is 0. The fourth-order valence-electron chi connectivity index (χ4n) is 3.92. The van der Waals surface area contributed by atoms with Crippen molar-refractivity contribution in [2.45, 2.75) is 20.3 Å². The van der Waals surface area contributed by atoms with E-state index in [0.29, 0.717) is 30.6 Å². The van der Waals surface area contributed by atoms with Crippen molar-refractivity contribution in [3.63, 3.8) is 0 Å². The van der Waals surface area contributed by atoms with Crippen LogP contribution in [-0.2, 0) is 9.53 Å². The van der Waals surface area contributed by atoms with Gasteiger partial charge in [0.15, 0.2) is 11.7 Å². The fraction of sp³-hybridized carbons (Fsp3) is 0.462. The number of carbonyl (C=O) groups is 1. The predicted molar refractivity (Wildman–Crippen MR) is 138 cm³/mol. The van der Waals surface area contributed by atoms with Crippen molar-refractivity contribution in [3.05, 3.63) is 42.5 Å². The highest BCUT2D eigenvalue weighted by Crippen LogP contribution is 2.34. The van der Waals surface area contributed by atoms with E-state index in [0.717, 1.165) is 61.0 Å².